The van der Waals surface area contributed by atoms with Crippen LogP contribution in [0, 0.1) is 13.8 Å². The van der Waals surface area contributed by atoms with Gasteiger partial charge in [-0.2, -0.15) is 0 Å². The highest BCUT2D eigenvalue weighted by atomic mass is 16.4. The fourth-order valence-electron chi connectivity index (χ4n) is 4.08. The Labute approximate surface area is 202 Å². The smallest absolute Gasteiger partial charge is 0.337 e. The Bertz CT molecular complexity index is 1540. The summed E-state index contributed by atoms with van der Waals surface area (Å²) in [7, 11) is 1.63. The maximum atomic E-state index is 13.4. The molecule has 2 aromatic carbocycles. The summed E-state index contributed by atoms with van der Waals surface area (Å²) in [5.74, 6) is -0.684. The number of nitrogens with one attached hydrogen (secondary N) is 1. The van der Waals surface area contributed by atoms with E-state index in [0.29, 0.717) is 45.1 Å². The van der Waals surface area contributed by atoms with Crippen LogP contribution in [0.2, 0.25) is 0 Å². The Morgan fingerprint density at radius 1 is 1.20 bits per heavy atom. The number of rotatable bonds is 6. The van der Waals surface area contributed by atoms with Gasteiger partial charge in [0, 0.05) is 30.1 Å². The van der Waals surface area contributed by atoms with Crippen molar-refractivity contribution in [3.05, 3.63) is 86.7 Å². The Morgan fingerprint density at radius 2 is 1.94 bits per heavy atom. The van der Waals surface area contributed by atoms with Crippen molar-refractivity contribution in [2.75, 3.05) is 18.1 Å². The lowest BCUT2D eigenvalue weighted by Gasteiger charge is -2.20. The average molecular weight is 471 g/mol. The molecular weight excluding hydrogens is 444 g/mol. The number of hydrogen-bond acceptors (Lipinski definition) is 7. The molecule has 0 amide bonds. The van der Waals surface area contributed by atoms with Crippen LogP contribution in [0.4, 0.5) is 11.4 Å². The second-order valence-electron chi connectivity index (χ2n) is 8.39. The minimum Gasteiger partial charge on any atom is -0.478 e. The number of anilines is 2. The van der Waals surface area contributed by atoms with Gasteiger partial charge in [0.2, 0.25) is 0 Å². The summed E-state index contributed by atoms with van der Waals surface area (Å²) in [6.07, 6.45) is 1.55. The number of nitrogens with two attached hydrogens (primary N) is 1. The normalized spacial score (nSPS) is 12.2. The van der Waals surface area contributed by atoms with Crippen LogP contribution in [0.5, 0.6) is 0 Å². The average Bonchev–Trinajstić information content (AvgIpc) is 2.83. The monoisotopic (exact) mass is 470 g/mol. The van der Waals surface area contributed by atoms with Crippen LogP contribution in [0.15, 0.2) is 62.7 Å². The third-order valence-corrected chi connectivity index (χ3v) is 5.83. The number of carboxylic acid groups (broad SMARTS) is 1. The molecule has 4 N–H and O–H groups in total. The highest BCUT2D eigenvalue weighted by Crippen LogP contribution is 2.32. The minimum atomic E-state index is -1.03. The standard InChI is InChI=1S/C27H26N4O4/c1-14-11-18(16(3)30-21-8-6-5-7-17(21)27(33)34)26-19(12-14)24(32)15(2)25(35-26)22-10-9-20(28)23(31-22)13-29-4/h5-13,16,30H,28H2,1-4H3,(H,33,34). The molecule has 0 bridgehead atoms. The summed E-state index contributed by atoms with van der Waals surface area (Å²) in [5, 5.41) is 13.3. The lowest BCUT2D eigenvalue weighted by molar-refractivity contribution is 0.0698. The second kappa shape index (κ2) is 9.42. The van der Waals surface area contributed by atoms with Gasteiger partial charge in [-0.05, 0) is 56.7 Å². The first-order valence-corrected chi connectivity index (χ1v) is 11.1. The van der Waals surface area contributed by atoms with Crippen molar-refractivity contribution in [2.24, 2.45) is 4.99 Å². The van der Waals surface area contributed by atoms with Crippen LogP contribution >= 0.6 is 0 Å². The summed E-state index contributed by atoms with van der Waals surface area (Å²) in [6.45, 7) is 5.50. The lowest BCUT2D eigenvalue weighted by atomic mass is 9.99. The van der Waals surface area contributed by atoms with Gasteiger partial charge in [0.25, 0.3) is 0 Å². The topological polar surface area (TPSA) is 131 Å². The molecule has 0 aliphatic carbocycles. The molecule has 0 fully saturated rings. The minimum absolute atomic E-state index is 0.158. The Hall–Kier alpha value is -4.46. The fraction of sp³-hybridized carbons (Fsp3) is 0.185. The van der Waals surface area contributed by atoms with E-state index in [1.807, 2.05) is 19.9 Å². The summed E-state index contributed by atoms with van der Waals surface area (Å²) < 4.78 is 6.35. The molecule has 1 unspecified atom stereocenters. The molecule has 178 valence electrons. The molecule has 0 spiro atoms. The number of fused-ring (bicyclic) bond motifs is 1. The zero-order valence-electron chi connectivity index (χ0n) is 19.9. The van der Waals surface area contributed by atoms with E-state index >= 15 is 0 Å². The van der Waals surface area contributed by atoms with Crippen LogP contribution in [0.1, 0.15) is 45.7 Å². The van der Waals surface area contributed by atoms with E-state index in [9.17, 15) is 14.7 Å². The predicted octanol–water partition coefficient (Wildman–Crippen LogP) is 4.97. The fourth-order valence-corrected chi connectivity index (χ4v) is 4.08. The van der Waals surface area contributed by atoms with E-state index in [0.717, 1.165) is 11.1 Å². The number of aryl methyl sites for hydroxylation is 1. The van der Waals surface area contributed by atoms with Crippen LogP contribution in [0.25, 0.3) is 22.4 Å². The maximum Gasteiger partial charge on any atom is 0.337 e. The van der Waals surface area contributed by atoms with Crippen molar-refractivity contribution < 1.29 is 14.3 Å². The van der Waals surface area contributed by atoms with E-state index in [-0.39, 0.29) is 17.0 Å². The Balaban J connectivity index is 1.90. The number of aromatic nitrogens is 1. The van der Waals surface area contributed by atoms with E-state index < -0.39 is 5.97 Å². The van der Waals surface area contributed by atoms with Crippen molar-refractivity contribution in [2.45, 2.75) is 26.8 Å². The van der Waals surface area contributed by atoms with Crippen molar-refractivity contribution in [1.29, 1.82) is 0 Å². The van der Waals surface area contributed by atoms with Gasteiger partial charge in [0.1, 0.15) is 17.0 Å². The highest BCUT2D eigenvalue weighted by molar-refractivity contribution is 5.94. The van der Waals surface area contributed by atoms with Crippen LogP contribution in [0.3, 0.4) is 0 Å². The van der Waals surface area contributed by atoms with Crippen LogP contribution < -0.4 is 16.5 Å². The highest BCUT2D eigenvalue weighted by Gasteiger charge is 2.21. The number of benzene rings is 2. The van der Waals surface area contributed by atoms with Gasteiger partial charge >= 0.3 is 5.97 Å². The molecule has 0 radical (unpaired) electrons. The zero-order chi connectivity index (χ0) is 25.3. The molecule has 8 nitrogen and oxygen atoms in total. The van der Waals surface area contributed by atoms with Crippen LogP contribution in [-0.2, 0) is 0 Å². The number of aromatic carboxylic acids is 1. The maximum absolute atomic E-state index is 13.4. The number of aliphatic imine (C=N–C) groups is 1. The molecule has 0 aliphatic rings. The molecular formula is C27H26N4O4. The quantitative estimate of drug-likeness (QED) is 0.339. The van der Waals surface area contributed by atoms with Crippen molar-refractivity contribution in [3.8, 4) is 11.5 Å². The molecule has 0 aliphatic heterocycles. The van der Waals surface area contributed by atoms with Gasteiger partial charge in [-0.3, -0.25) is 9.79 Å². The van der Waals surface area contributed by atoms with E-state index in [1.165, 1.54) is 6.07 Å². The van der Waals surface area contributed by atoms with E-state index in [4.69, 9.17) is 10.2 Å². The molecule has 4 rings (SSSR count). The van der Waals surface area contributed by atoms with Crippen molar-refractivity contribution >= 4 is 34.5 Å². The molecule has 8 heteroatoms. The summed E-state index contributed by atoms with van der Waals surface area (Å²) in [4.78, 5) is 33.6. The third kappa shape index (κ3) is 4.50. The van der Waals surface area contributed by atoms with Gasteiger partial charge < -0.3 is 20.6 Å². The van der Waals surface area contributed by atoms with Crippen molar-refractivity contribution in [3.63, 3.8) is 0 Å². The first-order chi connectivity index (χ1) is 16.7. The van der Waals surface area contributed by atoms with Gasteiger partial charge in [-0.15, -0.1) is 0 Å². The van der Waals surface area contributed by atoms with Gasteiger partial charge in [-0.1, -0.05) is 18.2 Å². The Morgan fingerprint density at radius 3 is 2.66 bits per heavy atom. The largest absolute Gasteiger partial charge is 0.478 e. The zero-order valence-corrected chi connectivity index (χ0v) is 19.9. The van der Waals surface area contributed by atoms with Gasteiger partial charge in [0.15, 0.2) is 11.2 Å². The number of carbonyl (C=O) groups is 1. The molecule has 4 aromatic rings. The molecule has 0 saturated heterocycles. The number of hydrogen-bond donors (Lipinski definition) is 3. The summed E-state index contributed by atoms with van der Waals surface area (Å²) in [6, 6.07) is 13.5. The molecule has 35 heavy (non-hydrogen) atoms. The molecule has 0 saturated carbocycles. The Kier molecular flexibility index (Phi) is 6.38. The third-order valence-electron chi connectivity index (χ3n) is 5.83. The number of carboxylic acids is 1. The van der Waals surface area contributed by atoms with E-state index in [2.05, 4.69) is 15.3 Å². The van der Waals surface area contributed by atoms with Gasteiger partial charge in [0.05, 0.1) is 22.7 Å². The molecule has 1 atom stereocenters. The molecule has 2 heterocycles. The number of para-hydroxylation sites is 1. The summed E-state index contributed by atoms with van der Waals surface area (Å²) in [5.41, 5.74) is 10.4. The number of nitrogens with zero attached hydrogens (tertiary/aromatic N) is 2. The number of nitrogen functional groups attached to an aromatic ring is 1. The summed E-state index contributed by atoms with van der Waals surface area (Å²) >= 11 is 0. The first kappa shape index (κ1) is 23.7. The number of pyridine rings is 1. The molecule has 2 aromatic heterocycles. The van der Waals surface area contributed by atoms with Gasteiger partial charge in [-0.25, -0.2) is 9.78 Å². The van der Waals surface area contributed by atoms with E-state index in [1.54, 1.807) is 56.6 Å². The second-order valence-corrected chi connectivity index (χ2v) is 8.39. The van der Waals surface area contributed by atoms with Crippen LogP contribution in [-0.4, -0.2) is 29.3 Å². The predicted molar refractivity (Wildman–Crippen MR) is 139 cm³/mol. The SMILES string of the molecule is CN=Cc1nc(-c2oc3c(C(C)Nc4ccccc4C(=O)O)cc(C)cc3c(=O)c2C)ccc1N. The first-order valence-electron chi connectivity index (χ1n) is 11.1. The lowest BCUT2D eigenvalue weighted by Crippen LogP contribution is -2.14. The van der Waals surface area contributed by atoms with Crippen molar-refractivity contribution in [1.82, 2.24) is 4.98 Å².